The number of carbonyl (C=O) groups is 3. The lowest BCUT2D eigenvalue weighted by Gasteiger charge is -2.17. The van der Waals surface area contributed by atoms with Gasteiger partial charge in [0.15, 0.2) is 0 Å². The molecule has 0 aliphatic rings. The molecule has 43 heavy (non-hydrogen) atoms. The molecule has 3 N–H and O–H groups in total. The van der Waals surface area contributed by atoms with Gasteiger partial charge in [0.2, 0.25) is 0 Å². The number of benzene rings is 4. The highest BCUT2D eigenvalue weighted by atomic mass is 35.5. The molecule has 4 aromatic carbocycles. The second-order valence-corrected chi connectivity index (χ2v) is 9.99. The van der Waals surface area contributed by atoms with Crippen LogP contribution in [0.3, 0.4) is 0 Å². The molecule has 0 fully saturated rings. The monoisotopic (exact) mass is 604 g/mol. The molecule has 5 aromatic rings. The third kappa shape index (κ3) is 6.45. The maximum absolute atomic E-state index is 13.2. The van der Waals surface area contributed by atoms with Gasteiger partial charge in [0.1, 0.15) is 6.07 Å². The van der Waals surface area contributed by atoms with Crippen molar-refractivity contribution in [3.63, 3.8) is 0 Å². The summed E-state index contributed by atoms with van der Waals surface area (Å²) in [7, 11) is 0. The molecule has 3 amide bonds. The standard InChI is InChI=1S/C32H18Cl2N6O3/c33-23-8-9-24(22(13-23)17-36)32(43)40-28-14-25(34)27(15-29(28)39-30(41)19-5-3-18(16-35)4-6-19)38-31(42)21-7-10-26-20(12-21)2-1-11-37-26/h1-15H,(H,38,42)(H,39,41)(H,40,43). The number of nitrogens with one attached hydrogen (secondary N) is 3. The van der Waals surface area contributed by atoms with Gasteiger partial charge in [-0.3, -0.25) is 19.4 Å². The van der Waals surface area contributed by atoms with Gasteiger partial charge < -0.3 is 16.0 Å². The van der Waals surface area contributed by atoms with E-state index in [9.17, 15) is 19.6 Å². The zero-order chi connectivity index (χ0) is 30.5. The number of rotatable bonds is 6. The van der Waals surface area contributed by atoms with Crippen LogP contribution in [-0.4, -0.2) is 22.7 Å². The Morgan fingerprint density at radius 3 is 2.09 bits per heavy atom. The minimum atomic E-state index is -0.653. The predicted molar refractivity (Wildman–Crippen MR) is 164 cm³/mol. The average Bonchev–Trinajstić information content (AvgIpc) is 3.02. The third-order valence-corrected chi connectivity index (χ3v) is 6.89. The predicted octanol–water partition coefficient (Wildman–Crippen LogP) is 7.04. The fourth-order valence-corrected chi connectivity index (χ4v) is 4.56. The second kappa shape index (κ2) is 12.4. The van der Waals surface area contributed by atoms with Crippen LogP contribution in [0.1, 0.15) is 42.2 Å². The van der Waals surface area contributed by atoms with Crippen LogP contribution in [0.15, 0.2) is 91.1 Å². The number of hydrogen-bond donors (Lipinski definition) is 3. The van der Waals surface area contributed by atoms with E-state index in [0.29, 0.717) is 11.1 Å². The highest BCUT2D eigenvalue weighted by molar-refractivity contribution is 6.35. The first-order valence-electron chi connectivity index (χ1n) is 12.6. The van der Waals surface area contributed by atoms with Gasteiger partial charge in [0.25, 0.3) is 17.7 Å². The number of hydrogen-bond acceptors (Lipinski definition) is 6. The second-order valence-electron chi connectivity index (χ2n) is 9.14. The van der Waals surface area contributed by atoms with Crippen molar-refractivity contribution in [2.24, 2.45) is 0 Å². The summed E-state index contributed by atoms with van der Waals surface area (Å²) in [5, 5.41) is 27.8. The molecule has 1 heterocycles. The van der Waals surface area contributed by atoms with E-state index in [4.69, 9.17) is 28.5 Å². The summed E-state index contributed by atoms with van der Waals surface area (Å²) in [5.74, 6) is -1.67. The van der Waals surface area contributed by atoms with Gasteiger partial charge in [0, 0.05) is 27.7 Å². The first kappa shape index (κ1) is 28.8. The van der Waals surface area contributed by atoms with Gasteiger partial charge in [0.05, 0.1) is 50.4 Å². The molecule has 0 aliphatic carbocycles. The summed E-state index contributed by atoms with van der Waals surface area (Å²) in [6.45, 7) is 0. The largest absolute Gasteiger partial charge is 0.321 e. The van der Waals surface area contributed by atoms with E-state index < -0.39 is 17.7 Å². The maximum Gasteiger partial charge on any atom is 0.257 e. The smallest absolute Gasteiger partial charge is 0.257 e. The highest BCUT2D eigenvalue weighted by Gasteiger charge is 2.19. The number of carbonyl (C=O) groups excluding carboxylic acids is 3. The van der Waals surface area contributed by atoms with Crippen LogP contribution in [0.25, 0.3) is 10.9 Å². The van der Waals surface area contributed by atoms with E-state index in [1.165, 1.54) is 54.6 Å². The maximum atomic E-state index is 13.2. The van der Waals surface area contributed by atoms with Crippen LogP contribution in [-0.2, 0) is 0 Å². The van der Waals surface area contributed by atoms with Crippen molar-refractivity contribution in [2.75, 3.05) is 16.0 Å². The Hall–Kier alpha value is -5.74. The molecule has 1 aromatic heterocycles. The topological polar surface area (TPSA) is 148 Å². The molecule has 0 atom stereocenters. The average molecular weight is 605 g/mol. The van der Waals surface area contributed by atoms with E-state index in [1.807, 2.05) is 18.2 Å². The molecule has 0 saturated carbocycles. The number of aromatic nitrogens is 1. The molecule has 11 heteroatoms. The van der Waals surface area contributed by atoms with Crippen molar-refractivity contribution in [3.05, 3.63) is 129 Å². The number of nitriles is 2. The minimum Gasteiger partial charge on any atom is -0.321 e. The van der Waals surface area contributed by atoms with Crippen LogP contribution in [0, 0.1) is 22.7 Å². The Balaban J connectivity index is 1.49. The van der Waals surface area contributed by atoms with E-state index in [0.717, 1.165) is 10.9 Å². The Bertz CT molecular complexity index is 2010. The van der Waals surface area contributed by atoms with Crippen molar-refractivity contribution in [3.8, 4) is 12.1 Å². The molecule has 0 bridgehead atoms. The molecule has 0 aliphatic heterocycles. The Morgan fingerprint density at radius 1 is 0.674 bits per heavy atom. The molecule has 0 radical (unpaired) electrons. The van der Waals surface area contributed by atoms with Crippen LogP contribution in [0.4, 0.5) is 17.1 Å². The summed E-state index contributed by atoms with van der Waals surface area (Å²) in [4.78, 5) is 43.7. The fourth-order valence-electron chi connectivity index (χ4n) is 4.17. The van der Waals surface area contributed by atoms with Gasteiger partial charge in [-0.05, 0) is 78.9 Å². The molecular formula is C32H18Cl2N6O3. The van der Waals surface area contributed by atoms with E-state index >= 15 is 0 Å². The van der Waals surface area contributed by atoms with E-state index in [-0.39, 0.29) is 43.8 Å². The summed E-state index contributed by atoms with van der Waals surface area (Å²) >= 11 is 12.5. The lowest BCUT2D eigenvalue weighted by atomic mass is 10.1. The Morgan fingerprint density at radius 2 is 1.35 bits per heavy atom. The van der Waals surface area contributed by atoms with Gasteiger partial charge in [-0.2, -0.15) is 10.5 Å². The molecule has 0 spiro atoms. The number of halogens is 2. The van der Waals surface area contributed by atoms with Crippen LogP contribution >= 0.6 is 23.2 Å². The fraction of sp³-hybridized carbons (Fsp3) is 0. The Kier molecular flexibility index (Phi) is 8.31. The lowest BCUT2D eigenvalue weighted by Crippen LogP contribution is -2.19. The SMILES string of the molecule is N#Cc1ccc(C(=O)Nc2cc(NC(=O)c3ccc4ncccc4c3)c(Cl)cc2NC(=O)c2ccc(Cl)cc2C#N)cc1. The first-order chi connectivity index (χ1) is 20.7. The normalized spacial score (nSPS) is 10.3. The van der Waals surface area contributed by atoms with Crippen LogP contribution < -0.4 is 16.0 Å². The van der Waals surface area contributed by atoms with E-state index in [1.54, 1.807) is 30.5 Å². The highest BCUT2D eigenvalue weighted by Crippen LogP contribution is 2.34. The number of amides is 3. The van der Waals surface area contributed by atoms with Gasteiger partial charge in [-0.25, -0.2) is 0 Å². The van der Waals surface area contributed by atoms with Gasteiger partial charge >= 0.3 is 0 Å². The van der Waals surface area contributed by atoms with Crippen molar-refractivity contribution >= 4 is 68.9 Å². The number of fused-ring (bicyclic) bond motifs is 1. The summed E-state index contributed by atoms with van der Waals surface area (Å²) in [6.07, 6.45) is 1.66. The van der Waals surface area contributed by atoms with Crippen LogP contribution in [0.2, 0.25) is 10.0 Å². The van der Waals surface area contributed by atoms with E-state index in [2.05, 4.69) is 20.9 Å². The molecule has 208 valence electrons. The molecular weight excluding hydrogens is 587 g/mol. The van der Waals surface area contributed by atoms with Crippen molar-refractivity contribution in [1.82, 2.24) is 4.98 Å². The first-order valence-corrected chi connectivity index (χ1v) is 13.3. The lowest BCUT2D eigenvalue weighted by molar-refractivity contribution is 0.101. The molecule has 0 saturated heterocycles. The Labute approximate surface area is 255 Å². The minimum absolute atomic E-state index is 0.0498. The summed E-state index contributed by atoms with van der Waals surface area (Å²) in [5.41, 5.74) is 2.17. The quantitative estimate of drug-likeness (QED) is 0.189. The number of anilines is 3. The molecule has 0 unspecified atom stereocenters. The van der Waals surface area contributed by atoms with Gasteiger partial charge in [-0.1, -0.05) is 29.3 Å². The molecule has 9 nitrogen and oxygen atoms in total. The van der Waals surface area contributed by atoms with Crippen LogP contribution in [0.5, 0.6) is 0 Å². The number of nitrogens with zero attached hydrogens (tertiary/aromatic N) is 3. The molecule has 5 rings (SSSR count). The summed E-state index contributed by atoms with van der Waals surface area (Å²) in [6, 6.07) is 25.5. The van der Waals surface area contributed by atoms with Crippen molar-refractivity contribution in [2.45, 2.75) is 0 Å². The summed E-state index contributed by atoms with van der Waals surface area (Å²) < 4.78 is 0. The van der Waals surface area contributed by atoms with Gasteiger partial charge in [-0.15, -0.1) is 0 Å². The number of pyridine rings is 1. The third-order valence-electron chi connectivity index (χ3n) is 6.34. The van der Waals surface area contributed by atoms with Crippen molar-refractivity contribution < 1.29 is 14.4 Å². The zero-order valence-electron chi connectivity index (χ0n) is 22.0. The van der Waals surface area contributed by atoms with Crippen molar-refractivity contribution in [1.29, 1.82) is 10.5 Å². The zero-order valence-corrected chi connectivity index (χ0v) is 23.5.